The summed E-state index contributed by atoms with van der Waals surface area (Å²) < 4.78 is 0. The van der Waals surface area contributed by atoms with Crippen LogP contribution in [0, 0.1) is 11.3 Å². The van der Waals surface area contributed by atoms with Gasteiger partial charge in [-0.1, -0.05) is 6.07 Å². The van der Waals surface area contributed by atoms with Crippen molar-refractivity contribution in [1.82, 2.24) is 15.2 Å². The molecule has 2 heterocycles. The summed E-state index contributed by atoms with van der Waals surface area (Å²) in [7, 11) is 1.93. The normalized spacial score (nSPS) is 23.6. The molecule has 1 spiro atoms. The van der Waals surface area contributed by atoms with Crippen LogP contribution in [0.15, 0.2) is 24.4 Å². The van der Waals surface area contributed by atoms with E-state index in [-0.39, 0.29) is 5.92 Å². The van der Waals surface area contributed by atoms with Crippen molar-refractivity contribution in [2.45, 2.75) is 25.7 Å². The third-order valence-corrected chi connectivity index (χ3v) is 4.89. The fourth-order valence-corrected chi connectivity index (χ4v) is 3.38. The van der Waals surface area contributed by atoms with Gasteiger partial charge in [0.25, 0.3) is 0 Å². The van der Waals surface area contributed by atoms with Gasteiger partial charge in [0, 0.05) is 37.8 Å². The average molecular weight is 273 g/mol. The van der Waals surface area contributed by atoms with Crippen LogP contribution in [0.1, 0.15) is 25.0 Å². The van der Waals surface area contributed by atoms with E-state index in [1.165, 1.54) is 0 Å². The van der Waals surface area contributed by atoms with Crippen LogP contribution in [0.5, 0.6) is 0 Å². The van der Waals surface area contributed by atoms with Crippen molar-refractivity contribution < 1.29 is 4.79 Å². The highest BCUT2D eigenvalue weighted by atomic mass is 16.2. The van der Waals surface area contributed by atoms with Gasteiger partial charge in [0.15, 0.2) is 0 Å². The van der Waals surface area contributed by atoms with E-state index >= 15 is 0 Å². The lowest BCUT2D eigenvalue weighted by Gasteiger charge is -2.25. The third-order valence-electron chi connectivity index (χ3n) is 4.89. The number of carbonyl (C=O) groups is 1. The second-order valence-corrected chi connectivity index (χ2v) is 6.20. The lowest BCUT2D eigenvalue weighted by atomic mass is 9.91. The molecule has 0 aromatic carbocycles. The molecule has 1 unspecified atom stereocenters. The molecule has 1 N–H and O–H groups in total. The van der Waals surface area contributed by atoms with Gasteiger partial charge in [0.05, 0.1) is 0 Å². The van der Waals surface area contributed by atoms with Crippen molar-refractivity contribution in [2.75, 3.05) is 26.7 Å². The minimum absolute atomic E-state index is 0.276. The standard InChI is InChI=1S/C16H23N3O/c1-19(11-5-13-4-2-3-8-18-13)15(20)14-12-16(14)6-9-17-10-7-16/h2-4,8,14,17H,5-7,9-12H2,1H3. The lowest BCUT2D eigenvalue weighted by Crippen LogP contribution is -2.35. The van der Waals surface area contributed by atoms with Crippen molar-refractivity contribution in [2.24, 2.45) is 11.3 Å². The van der Waals surface area contributed by atoms with E-state index in [1.807, 2.05) is 36.3 Å². The Hall–Kier alpha value is -1.42. The summed E-state index contributed by atoms with van der Waals surface area (Å²) in [4.78, 5) is 18.7. The molecule has 2 aliphatic rings. The van der Waals surface area contributed by atoms with Crippen LogP contribution in [0.2, 0.25) is 0 Å². The monoisotopic (exact) mass is 273 g/mol. The summed E-state index contributed by atoms with van der Waals surface area (Å²) >= 11 is 0. The molecule has 0 radical (unpaired) electrons. The van der Waals surface area contributed by atoms with Gasteiger partial charge in [0.2, 0.25) is 5.91 Å². The molecule has 1 saturated heterocycles. The van der Waals surface area contributed by atoms with Gasteiger partial charge in [-0.05, 0) is 49.9 Å². The molecule has 108 valence electrons. The highest BCUT2D eigenvalue weighted by Gasteiger charge is 2.58. The molecule has 1 atom stereocenters. The maximum Gasteiger partial charge on any atom is 0.226 e. The topological polar surface area (TPSA) is 45.2 Å². The predicted molar refractivity (Wildman–Crippen MR) is 78.2 cm³/mol. The van der Waals surface area contributed by atoms with E-state index in [1.54, 1.807) is 0 Å². The van der Waals surface area contributed by atoms with Gasteiger partial charge in [-0.2, -0.15) is 0 Å². The fourth-order valence-electron chi connectivity index (χ4n) is 3.38. The van der Waals surface area contributed by atoms with E-state index in [4.69, 9.17) is 0 Å². The number of piperidine rings is 1. The Kier molecular flexibility index (Phi) is 3.74. The molecule has 4 nitrogen and oxygen atoms in total. The number of pyridine rings is 1. The number of aromatic nitrogens is 1. The molecule has 4 heteroatoms. The van der Waals surface area contributed by atoms with Crippen LogP contribution in [-0.4, -0.2) is 42.5 Å². The van der Waals surface area contributed by atoms with Gasteiger partial charge in [-0.3, -0.25) is 9.78 Å². The highest BCUT2D eigenvalue weighted by molar-refractivity contribution is 5.82. The van der Waals surface area contributed by atoms with E-state index in [0.29, 0.717) is 11.3 Å². The van der Waals surface area contributed by atoms with Crippen molar-refractivity contribution in [3.8, 4) is 0 Å². The molecule has 1 amide bonds. The number of nitrogens with zero attached hydrogens (tertiary/aromatic N) is 2. The molecule has 1 aliphatic carbocycles. The smallest absolute Gasteiger partial charge is 0.226 e. The molecular formula is C16H23N3O. The first kappa shape index (κ1) is 13.6. The summed E-state index contributed by atoms with van der Waals surface area (Å²) in [6.45, 7) is 2.91. The zero-order valence-electron chi connectivity index (χ0n) is 12.1. The van der Waals surface area contributed by atoms with Gasteiger partial charge < -0.3 is 10.2 Å². The number of nitrogens with one attached hydrogen (secondary N) is 1. The lowest BCUT2D eigenvalue weighted by molar-refractivity contribution is -0.132. The third kappa shape index (κ3) is 2.70. The second-order valence-electron chi connectivity index (χ2n) is 6.20. The minimum Gasteiger partial charge on any atom is -0.345 e. The number of amides is 1. The Morgan fingerprint density at radius 1 is 1.45 bits per heavy atom. The van der Waals surface area contributed by atoms with E-state index in [9.17, 15) is 4.79 Å². The SMILES string of the molecule is CN(CCc1ccccn1)C(=O)C1CC12CCNCC2. The maximum atomic E-state index is 12.5. The summed E-state index contributed by atoms with van der Waals surface area (Å²) in [6.07, 6.45) is 6.07. The molecule has 2 fully saturated rings. The first-order chi connectivity index (χ1) is 9.71. The summed E-state index contributed by atoms with van der Waals surface area (Å²) in [5.41, 5.74) is 1.39. The number of rotatable bonds is 4. The number of likely N-dealkylation sites (N-methyl/N-ethyl adjacent to an activating group) is 1. The molecule has 1 aromatic heterocycles. The van der Waals surface area contributed by atoms with Crippen molar-refractivity contribution in [3.05, 3.63) is 30.1 Å². The summed E-state index contributed by atoms with van der Waals surface area (Å²) in [6, 6.07) is 5.93. The Labute approximate surface area is 120 Å². The summed E-state index contributed by atoms with van der Waals surface area (Å²) in [5.74, 6) is 0.612. The molecule has 3 rings (SSSR count). The van der Waals surface area contributed by atoms with Crippen molar-refractivity contribution in [3.63, 3.8) is 0 Å². The molecule has 1 saturated carbocycles. The quantitative estimate of drug-likeness (QED) is 0.903. The fraction of sp³-hybridized carbons (Fsp3) is 0.625. The summed E-state index contributed by atoms with van der Waals surface area (Å²) in [5, 5.41) is 3.38. The Balaban J connectivity index is 1.50. The Bertz CT molecular complexity index is 468. The first-order valence-electron chi connectivity index (χ1n) is 7.57. The number of hydrogen-bond donors (Lipinski definition) is 1. The highest BCUT2D eigenvalue weighted by Crippen LogP contribution is 2.59. The maximum absolute atomic E-state index is 12.5. The molecule has 1 aliphatic heterocycles. The van der Waals surface area contributed by atoms with Crippen molar-refractivity contribution in [1.29, 1.82) is 0 Å². The van der Waals surface area contributed by atoms with E-state index in [2.05, 4.69) is 10.3 Å². The Morgan fingerprint density at radius 3 is 2.95 bits per heavy atom. The van der Waals surface area contributed by atoms with E-state index < -0.39 is 0 Å². The van der Waals surface area contributed by atoms with Crippen molar-refractivity contribution >= 4 is 5.91 Å². The molecule has 20 heavy (non-hydrogen) atoms. The molecule has 0 bridgehead atoms. The largest absolute Gasteiger partial charge is 0.345 e. The van der Waals surface area contributed by atoms with Crippen LogP contribution in [0.4, 0.5) is 0 Å². The number of carbonyl (C=O) groups excluding carboxylic acids is 1. The minimum atomic E-state index is 0.276. The Morgan fingerprint density at radius 2 is 2.25 bits per heavy atom. The van der Waals surface area contributed by atoms with Crippen LogP contribution in [0.3, 0.4) is 0 Å². The zero-order valence-corrected chi connectivity index (χ0v) is 12.1. The van der Waals surface area contributed by atoms with Gasteiger partial charge >= 0.3 is 0 Å². The van der Waals surface area contributed by atoms with Crippen LogP contribution < -0.4 is 5.32 Å². The van der Waals surface area contributed by atoms with Crippen LogP contribution in [-0.2, 0) is 11.2 Å². The second kappa shape index (κ2) is 5.52. The van der Waals surface area contributed by atoms with Crippen LogP contribution >= 0.6 is 0 Å². The van der Waals surface area contributed by atoms with Gasteiger partial charge in [0.1, 0.15) is 0 Å². The number of hydrogen-bond acceptors (Lipinski definition) is 3. The van der Waals surface area contributed by atoms with Gasteiger partial charge in [-0.15, -0.1) is 0 Å². The first-order valence-corrected chi connectivity index (χ1v) is 7.57. The molecule has 1 aromatic rings. The zero-order chi connectivity index (χ0) is 14.0. The van der Waals surface area contributed by atoms with E-state index in [0.717, 1.165) is 51.0 Å². The van der Waals surface area contributed by atoms with Crippen LogP contribution in [0.25, 0.3) is 0 Å². The van der Waals surface area contributed by atoms with Gasteiger partial charge in [-0.25, -0.2) is 0 Å². The predicted octanol–water partition coefficient (Wildman–Crippen LogP) is 1.47. The molecular weight excluding hydrogens is 250 g/mol. The average Bonchev–Trinajstić information content (AvgIpc) is 3.19.